The lowest BCUT2D eigenvalue weighted by Gasteiger charge is -2.01. The highest BCUT2D eigenvalue weighted by Crippen LogP contribution is 1.95. The Morgan fingerprint density at radius 1 is 1.40 bits per heavy atom. The monoisotopic (exact) mass is 205 g/mol. The Kier molecular flexibility index (Phi) is 3.73. The van der Waals surface area contributed by atoms with Crippen molar-refractivity contribution in [3.05, 3.63) is 18.6 Å². The minimum absolute atomic E-state index is 0.176. The largest absolute Gasteiger partial charge is 0.335 e. The number of nitrogens with zero attached hydrogens (tertiary/aromatic N) is 3. The second kappa shape index (κ2) is 5.29. The van der Waals surface area contributed by atoms with Crippen LogP contribution in [0.2, 0.25) is 0 Å². The topological polar surface area (TPSA) is 108 Å². The Morgan fingerprint density at radius 3 is 2.80 bits per heavy atom. The normalized spacial score (nSPS) is 8.73. The summed E-state index contributed by atoms with van der Waals surface area (Å²) in [6, 6.07) is 1.68. The summed E-state index contributed by atoms with van der Waals surface area (Å²) in [5, 5.41) is 12.5. The van der Waals surface area contributed by atoms with E-state index in [9.17, 15) is 9.59 Å². The average molecular weight is 205 g/mol. The van der Waals surface area contributed by atoms with E-state index in [1.807, 2.05) is 0 Å². The van der Waals surface area contributed by atoms with Crippen molar-refractivity contribution in [2.24, 2.45) is 0 Å². The van der Waals surface area contributed by atoms with E-state index < -0.39 is 11.8 Å². The lowest BCUT2D eigenvalue weighted by Crippen LogP contribution is -2.35. The van der Waals surface area contributed by atoms with E-state index in [4.69, 9.17) is 5.26 Å². The van der Waals surface area contributed by atoms with Gasteiger partial charge in [-0.3, -0.25) is 14.6 Å². The minimum atomic E-state index is -0.887. The van der Waals surface area contributed by atoms with Crippen molar-refractivity contribution >= 4 is 17.6 Å². The smallest absolute Gasteiger partial charge is 0.314 e. The molecule has 0 aliphatic heterocycles. The molecule has 1 aromatic heterocycles. The van der Waals surface area contributed by atoms with Gasteiger partial charge in [0, 0.05) is 12.4 Å². The van der Waals surface area contributed by atoms with Crippen molar-refractivity contribution in [3.63, 3.8) is 0 Å². The number of anilines is 1. The molecule has 76 valence electrons. The highest BCUT2D eigenvalue weighted by molar-refractivity contribution is 6.39. The molecular formula is C8H7N5O2. The van der Waals surface area contributed by atoms with Crippen molar-refractivity contribution in [3.8, 4) is 6.07 Å². The minimum Gasteiger partial charge on any atom is -0.335 e. The third-order valence-corrected chi connectivity index (χ3v) is 1.34. The number of aromatic nitrogens is 2. The van der Waals surface area contributed by atoms with Crippen molar-refractivity contribution in [1.29, 1.82) is 5.26 Å². The van der Waals surface area contributed by atoms with Gasteiger partial charge in [0.25, 0.3) is 0 Å². The fraction of sp³-hybridized carbons (Fsp3) is 0.125. The number of carbonyl (C=O) groups is 2. The first-order valence-corrected chi connectivity index (χ1v) is 3.96. The highest BCUT2D eigenvalue weighted by atomic mass is 16.2. The van der Waals surface area contributed by atoms with Gasteiger partial charge in [-0.15, -0.1) is 0 Å². The zero-order valence-electron chi connectivity index (χ0n) is 7.60. The van der Waals surface area contributed by atoms with Crippen LogP contribution in [0.1, 0.15) is 0 Å². The van der Waals surface area contributed by atoms with Crippen LogP contribution < -0.4 is 10.6 Å². The fourth-order valence-corrected chi connectivity index (χ4v) is 0.737. The maximum absolute atomic E-state index is 11.1. The maximum atomic E-state index is 11.1. The molecular weight excluding hydrogens is 198 g/mol. The van der Waals surface area contributed by atoms with Gasteiger partial charge in [-0.25, -0.2) is 4.98 Å². The number of rotatable bonds is 2. The summed E-state index contributed by atoms with van der Waals surface area (Å²) in [6.45, 7) is -0.216. The summed E-state index contributed by atoms with van der Waals surface area (Å²) in [5.74, 6) is -1.59. The summed E-state index contributed by atoms with van der Waals surface area (Å²) < 4.78 is 0. The van der Waals surface area contributed by atoms with Gasteiger partial charge in [-0.05, 0) is 0 Å². The molecule has 0 aromatic carbocycles. The Balaban J connectivity index is 2.50. The predicted octanol–water partition coefficient (Wildman–Crippen LogP) is -0.945. The Labute approximate surface area is 85.1 Å². The lowest BCUT2D eigenvalue weighted by molar-refractivity contribution is -0.136. The molecule has 7 heteroatoms. The van der Waals surface area contributed by atoms with Gasteiger partial charge in [0.05, 0.1) is 12.3 Å². The van der Waals surface area contributed by atoms with Gasteiger partial charge >= 0.3 is 11.8 Å². The molecule has 1 rings (SSSR count). The van der Waals surface area contributed by atoms with Crippen LogP contribution in [0.25, 0.3) is 0 Å². The standard InChI is InChI=1S/C8H7N5O2/c9-1-2-12-7(14)8(15)13-6-5-10-3-4-11-6/h3-5H,2H2,(H,12,14)(H,11,13,15). The van der Waals surface area contributed by atoms with Crippen LogP contribution in [0.4, 0.5) is 5.82 Å². The van der Waals surface area contributed by atoms with Crippen LogP contribution in [0.15, 0.2) is 18.6 Å². The van der Waals surface area contributed by atoms with Crippen molar-refractivity contribution in [2.45, 2.75) is 0 Å². The first-order chi connectivity index (χ1) is 7.24. The number of hydrogen-bond acceptors (Lipinski definition) is 5. The molecule has 0 atom stereocenters. The van der Waals surface area contributed by atoms with E-state index in [1.165, 1.54) is 18.6 Å². The van der Waals surface area contributed by atoms with Gasteiger partial charge in [-0.2, -0.15) is 5.26 Å². The fourth-order valence-electron chi connectivity index (χ4n) is 0.737. The molecule has 0 spiro atoms. The van der Waals surface area contributed by atoms with E-state index in [0.29, 0.717) is 0 Å². The molecule has 1 aromatic rings. The van der Waals surface area contributed by atoms with Gasteiger partial charge in [0.2, 0.25) is 0 Å². The van der Waals surface area contributed by atoms with E-state index in [1.54, 1.807) is 6.07 Å². The summed E-state index contributed by atoms with van der Waals surface area (Å²) >= 11 is 0. The molecule has 0 unspecified atom stereocenters. The van der Waals surface area contributed by atoms with Crippen molar-refractivity contribution in [2.75, 3.05) is 11.9 Å². The molecule has 0 bridgehead atoms. The first-order valence-electron chi connectivity index (χ1n) is 3.96. The van der Waals surface area contributed by atoms with Crippen LogP contribution in [0, 0.1) is 11.3 Å². The second-order valence-electron chi connectivity index (χ2n) is 2.39. The quantitative estimate of drug-likeness (QED) is 0.478. The third-order valence-electron chi connectivity index (χ3n) is 1.34. The van der Waals surface area contributed by atoms with Crippen molar-refractivity contribution in [1.82, 2.24) is 15.3 Å². The van der Waals surface area contributed by atoms with Crippen LogP contribution in [0.3, 0.4) is 0 Å². The zero-order valence-corrected chi connectivity index (χ0v) is 7.60. The summed E-state index contributed by atoms with van der Waals surface area (Å²) in [6.07, 6.45) is 4.11. The summed E-state index contributed by atoms with van der Waals surface area (Å²) in [7, 11) is 0. The SMILES string of the molecule is N#CCNC(=O)C(=O)Nc1cnccn1. The number of nitrogens with one attached hydrogen (secondary N) is 2. The molecule has 0 radical (unpaired) electrons. The van der Waals surface area contributed by atoms with Gasteiger partial charge < -0.3 is 10.6 Å². The number of hydrogen-bond donors (Lipinski definition) is 2. The third kappa shape index (κ3) is 3.40. The molecule has 2 amide bonds. The molecule has 0 aliphatic carbocycles. The van der Waals surface area contributed by atoms with E-state index in [2.05, 4.69) is 20.6 Å². The maximum Gasteiger partial charge on any atom is 0.314 e. The Bertz CT molecular complexity index is 397. The molecule has 2 N–H and O–H groups in total. The number of nitriles is 1. The molecule has 1 heterocycles. The van der Waals surface area contributed by atoms with Gasteiger partial charge in [0.15, 0.2) is 5.82 Å². The lowest BCUT2D eigenvalue weighted by atomic mass is 10.5. The van der Waals surface area contributed by atoms with Crippen molar-refractivity contribution < 1.29 is 9.59 Å². The molecule has 0 fully saturated rings. The van der Waals surface area contributed by atoms with Crippen LogP contribution in [0.5, 0.6) is 0 Å². The second-order valence-corrected chi connectivity index (χ2v) is 2.39. The number of amides is 2. The molecule has 0 saturated heterocycles. The summed E-state index contributed by atoms with van der Waals surface area (Å²) in [5.41, 5.74) is 0. The van der Waals surface area contributed by atoms with Crippen LogP contribution in [-0.2, 0) is 9.59 Å². The summed E-state index contributed by atoms with van der Waals surface area (Å²) in [4.78, 5) is 29.5. The Morgan fingerprint density at radius 2 is 2.20 bits per heavy atom. The Hall–Kier alpha value is -2.49. The van der Waals surface area contributed by atoms with Gasteiger partial charge in [-0.1, -0.05) is 0 Å². The number of carbonyl (C=O) groups excluding carboxylic acids is 2. The van der Waals surface area contributed by atoms with E-state index in [-0.39, 0.29) is 12.4 Å². The zero-order chi connectivity index (χ0) is 11.1. The molecule has 0 saturated carbocycles. The van der Waals surface area contributed by atoms with E-state index in [0.717, 1.165) is 0 Å². The van der Waals surface area contributed by atoms with Crippen LogP contribution >= 0.6 is 0 Å². The molecule has 0 aliphatic rings. The molecule has 15 heavy (non-hydrogen) atoms. The van der Waals surface area contributed by atoms with Crippen LogP contribution in [-0.4, -0.2) is 28.3 Å². The first kappa shape index (κ1) is 10.6. The average Bonchev–Trinajstić information content (AvgIpc) is 2.27. The predicted molar refractivity (Wildman–Crippen MR) is 49.3 cm³/mol. The highest BCUT2D eigenvalue weighted by Gasteiger charge is 2.12. The van der Waals surface area contributed by atoms with Gasteiger partial charge in [0.1, 0.15) is 6.54 Å². The molecule has 7 nitrogen and oxygen atoms in total. The van der Waals surface area contributed by atoms with E-state index >= 15 is 0 Å².